The lowest BCUT2D eigenvalue weighted by Gasteiger charge is -2.10. The van der Waals surface area contributed by atoms with Crippen LogP contribution in [0.2, 0.25) is 0 Å². The standard InChI is InChI=1S/C45H28N4O/c1-4-14-29(15-5-1)32-26-27-38-36(28-32)33-20-10-11-23-37(33)49(38)39-24-12-21-34-41-35(22-13-25-40(41)50-42(34)39)45-47-43(30-16-6-2-7-17-30)46-44(48-45)31-18-8-3-9-19-31/h1-28H/i2D,6D,7D,16D,17D. The summed E-state index contributed by atoms with van der Waals surface area (Å²) in [6.07, 6.45) is 0. The smallest absolute Gasteiger partial charge is 0.164 e. The summed E-state index contributed by atoms with van der Waals surface area (Å²) < 4.78 is 51.2. The van der Waals surface area contributed by atoms with E-state index in [0.717, 1.165) is 49.4 Å². The molecule has 50 heavy (non-hydrogen) atoms. The van der Waals surface area contributed by atoms with Gasteiger partial charge in [0.2, 0.25) is 0 Å². The predicted octanol–water partition coefficient (Wildman–Crippen LogP) is 11.5. The van der Waals surface area contributed by atoms with E-state index < -0.39 is 18.1 Å². The van der Waals surface area contributed by atoms with Gasteiger partial charge in [0.1, 0.15) is 5.58 Å². The van der Waals surface area contributed by atoms with Gasteiger partial charge in [0.05, 0.1) is 23.6 Å². The molecular formula is C45H28N4O. The highest BCUT2D eigenvalue weighted by Gasteiger charge is 2.21. The van der Waals surface area contributed by atoms with Gasteiger partial charge in [-0.25, -0.2) is 15.0 Å². The number of aromatic nitrogens is 4. The summed E-state index contributed by atoms with van der Waals surface area (Å²) >= 11 is 0. The highest BCUT2D eigenvalue weighted by atomic mass is 16.3. The minimum Gasteiger partial charge on any atom is -0.454 e. The van der Waals surface area contributed by atoms with Gasteiger partial charge in [-0.05, 0) is 41.5 Å². The zero-order chi connectivity index (χ0) is 37.4. The predicted molar refractivity (Wildman–Crippen MR) is 203 cm³/mol. The number of rotatable bonds is 5. The topological polar surface area (TPSA) is 56.7 Å². The molecule has 0 atom stereocenters. The first-order valence-corrected chi connectivity index (χ1v) is 16.3. The van der Waals surface area contributed by atoms with E-state index in [-0.39, 0.29) is 29.3 Å². The summed E-state index contributed by atoms with van der Waals surface area (Å²) in [5, 5.41) is 3.89. The molecule has 3 aromatic heterocycles. The molecule has 10 rings (SSSR count). The van der Waals surface area contributed by atoms with Crippen molar-refractivity contribution in [3.63, 3.8) is 0 Å². The van der Waals surface area contributed by atoms with Crippen molar-refractivity contribution in [1.29, 1.82) is 0 Å². The lowest BCUT2D eigenvalue weighted by molar-refractivity contribution is 0.666. The van der Waals surface area contributed by atoms with Crippen LogP contribution in [0, 0.1) is 0 Å². The summed E-state index contributed by atoms with van der Waals surface area (Å²) in [7, 11) is 0. The molecular weight excluding hydrogens is 613 g/mol. The van der Waals surface area contributed by atoms with E-state index in [1.165, 1.54) is 0 Å². The molecule has 0 unspecified atom stereocenters. The molecule has 10 aromatic rings. The van der Waals surface area contributed by atoms with Crippen LogP contribution in [-0.4, -0.2) is 19.5 Å². The Kier molecular flexibility index (Phi) is 5.35. The lowest BCUT2D eigenvalue weighted by atomic mass is 10.0. The monoisotopic (exact) mass is 645 g/mol. The van der Waals surface area contributed by atoms with Crippen LogP contribution < -0.4 is 0 Å². The highest BCUT2D eigenvalue weighted by molar-refractivity contribution is 6.16. The van der Waals surface area contributed by atoms with Gasteiger partial charge in [-0.3, -0.25) is 0 Å². The third-order valence-electron chi connectivity index (χ3n) is 9.15. The first-order valence-electron chi connectivity index (χ1n) is 18.8. The maximum Gasteiger partial charge on any atom is 0.164 e. The van der Waals surface area contributed by atoms with Crippen LogP contribution in [0.4, 0.5) is 0 Å². The molecule has 0 saturated heterocycles. The van der Waals surface area contributed by atoms with E-state index in [2.05, 4.69) is 76.3 Å². The number of benzene rings is 7. The quantitative estimate of drug-likeness (QED) is 0.187. The van der Waals surface area contributed by atoms with E-state index in [4.69, 9.17) is 21.2 Å². The molecule has 0 spiro atoms. The second-order valence-corrected chi connectivity index (χ2v) is 12.1. The average Bonchev–Trinajstić information content (AvgIpc) is 3.79. The van der Waals surface area contributed by atoms with Crippen molar-refractivity contribution >= 4 is 43.7 Å². The Bertz CT molecular complexity index is 3130. The Balaban J connectivity index is 1.22. The Hall–Kier alpha value is -6.85. The number of nitrogens with zero attached hydrogens (tertiary/aromatic N) is 4. The summed E-state index contributed by atoms with van der Waals surface area (Å²) in [6, 6.07) is 44.3. The minimum absolute atomic E-state index is 0.0218. The highest BCUT2D eigenvalue weighted by Crippen LogP contribution is 2.41. The molecule has 7 aromatic carbocycles. The molecule has 0 bridgehead atoms. The molecule has 0 aliphatic heterocycles. The van der Waals surface area contributed by atoms with Crippen molar-refractivity contribution < 1.29 is 11.3 Å². The molecule has 0 N–H and O–H groups in total. The first kappa shape index (κ1) is 23.5. The van der Waals surface area contributed by atoms with Gasteiger partial charge in [0.15, 0.2) is 23.1 Å². The second-order valence-electron chi connectivity index (χ2n) is 12.1. The van der Waals surface area contributed by atoms with Crippen molar-refractivity contribution in [3.8, 4) is 51.0 Å². The SMILES string of the molecule is [2H]c1c([2H])c([2H])c(-c2nc(-c3ccccc3)nc(-c3cccc4oc5c(-n6c7ccccc7c7cc(-c8ccccc8)ccc76)cccc5c34)n2)c([2H])c1[2H]. The largest absolute Gasteiger partial charge is 0.454 e. The number of hydrogen-bond donors (Lipinski definition) is 0. The maximum atomic E-state index is 8.71. The fourth-order valence-electron chi connectivity index (χ4n) is 6.92. The molecule has 0 aliphatic carbocycles. The van der Waals surface area contributed by atoms with Gasteiger partial charge in [-0.2, -0.15) is 0 Å². The third-order valence-corrected chi connectivity index (χ3v) is 9.15. The molecule has 0 amide bonds. The van der Waals surface area contributed by atoms with E-state index in [0.29, 0.717) is 28.1 Å². The van der Waals surface area contributed by atoms with Crippen LogP contribution in [0.5, 0.6) is 0 Å². The van der Waals surface area contributed by atoms with Crippen molar-refractivity contribution in [2.75, 3.05) is 0 Å². The summed E-state index contributed by atoms with van der Waals surface area (Å²) in [4.78, 5) is 14.4. The molecule has 0 saturated carbocycles. The maximum absolute atomic E-state index is 8.71. The van der Waals surface area contributed by atoms with Gasteiger partial charge in [-0.15, -0.1) is 0 Å². The van der Waals surface area contributed by atoms with Crippen LogP contribution in [0.15, 0.2) is 174 Å². The van der Waals surface area contributed by atoms with E-state index in [1.54, 1.807) is 0 Å². The molecule has 234 valence electrons. The van der Waals surface area contributed by atoms with Crippen molar-refractivity contribution in [1.82, 2.24) is 19.5 Å². The average molecular weight is 646 g/mol. The van der Waals surface area contributed by atoms with E-state index in [9.17, 15) is 0 Å². The van der Waals surface area contributed by atoms with Crippen molar-refractivity contribution in [2.24, 2.45) is 0 Å². The Morgan fingerprint density at radius 3 is 1.96 bits per heavy atom. The van der Waals surface area contributed by atoms with Crippen molar-refractivity contribution in [2.45, 2.75) is 0 Å². The Morgan fingerprint density at radius 2 is 1.14 bits per heavy atom. The fraction of sp³-hybridized carbons (Fsp3) is 0. The molecule has 5 nitrogen and oxygen atoms in total. The van der Waals surface area contributed by atoms with Gasteiger partial charge < -0.3 is 8.98 Å². The molecule has 5 heteroatoms. The fourth-order valence-corrected chi connectivity index (χ4v) is 6.92. The lowest BCUT2D eigenvalue weighted by Crippen LogP contribution is -2.00. The Morgan fingerprint density at radius 1 is 0.480 bits per heavy atom. The summed E-state index contributed by atoms with van der Waals surface area (Å²) in [6.45, 7) is 0. The normalized spacial score (nSPS) is 13.0. The minimum atomic E-state index is -0.485. The zero-order valence-corrected chi connectivity index (χ0v) is 26.5. The van der Waals surface area contributed by atoms with Crippen LogP contribution >= 0.6 is 0 Å². The number of furan rings is 1. The molecule has 0 radical (unpaired) electrons. The van der Waals surface area contributed by atoms with E-state index in [1.807, 2.05) is 72.8 Å². The summed E-state index contributed by atoms with van der Waals surface area (Å²) in [5.74, 6) is 0.559. The van der Waals surface area contributed by atoms with Crippen LogP contribution in [0.25, 0.3) is 94.7 Å². The van der Waals surface area contributed by atoms with Crippen LogP contribution in [-0.2, 0) is 0 Å². The number of fused-ring (bicyclic) bond motifs is 6. The number of hydrogen-bond acceptors (Lipinski definition) is 4. The molecule has 0 fully saturated rings. The molecule has 3 heterocycles. The first-order chi connectivity index (χ1) is 26.9. The summed E-state index contributed by atoms with van der Waals surface area (Å²) in [5.41, 5.74) is 7.80. The van der Waals surface area contributed by atoms with Gasteiger partial charge in [0.25, 0.3) is 0 Å². The second kappa shape index (κ2) is 11.4. The van der Waals surface area contributed by atoms with Gasteiger partial charge >= 0.3 is 0 Å². The van der Waals surface area contributed by atoms with Crippen molar-refractivity contribution in [3.05, 3.63) is 170 Å². The Labute approximate surface area is 294 Å². The van der Waals surface area contributed by atoms with Crippen LogP contribution in [0.3, 0.4) is 0 Å². The zero-order valence-electron chi connectivity index (χ0n) is 31.5. The number of para-hydroxylation sites is 2. The van der Waals surface area contributed by atoms with Gasteiger partial charge in [-0.1, -0.05) is 139 Å². The molecule has 0 aliphatic rings. The third kappa shape index (κ3) is 4.52. The van der Waals surface area contributed by atoms with Crippen LogP contribution in [0.1, 0.15) is 6.85 Å². The van der Waals surface area contributed by atoms with E-state index >= 15 is 0 Å². The van der Waals surface area contributed by atoms with Gasteiger partial charge in [0, 0.05) is 38.2 Å².